The van der Waals surface area contributed by atoms with Gasteiger partial charge in [-0.25, -0.2) is 8.42 Å². The highest BCUT2D eigenvalue weighted by Gasteiger charge is 2.38. The Labute approximate surface area is 120 Å². The minimum atomic E-state index is -4.83. The molecule has 0 aromatic heterocycles. The Bertz CT molecular complexity index is 590. The lowest BCUT2D eigenvalue weighted by molar-refractivity contribution is -0.0610. The zero-order valence-corrected chi connectivity index (χ0v) is 11.9. The number of ether oxygens (including phenoxy) is 2. The summed E-state index contributed by atoms with van der Waals surface area (Å²) in [7, 11) is -0.388. The summed E-state index contributed by atoms with van der Waals surface area (Å²) in [6.07, 6.45) is -4.83. The first-order valence-electron chi connectivity index (χ1n) is 5.41. The van der Waals surface area contributed by atoms with Crippen LogP contribution in [0.15, 0.2) is 23.4 Å². The lowest BCUT2D eigenvalue weighted by atomic mass is 10.1. The largest absolute Gasteiger partial charge is 0.493 e. The number of hydrogen-bond acceptors (Lipinski definition) is 6. The maximum atomic E-state index is 12.9. The number of alkyl halides is 3. The Kier molecular flexibility index (Phi) is 5.82. The van der Waals surface area contributed by atoms with Gasteiger partial charge in [-0.1, -0.05) is 5.16 Å². The van der Waals surface area contributed by atoms with Gasteiger partial charge in [-0.15, -0.1) is 0 Å². The van der Waals surface area contributed by atoms with Gasteiger partial charge in [0.25, 0.3) is 0 Å². The number of benzene rings is 1. The first kappa shape index (κ1) is 17.1. The molecule has 6 nitrogen and oxygen atoms in total. The molecule has 1 aromatic rings. The average molecular weight is 327 g/mol. The molecular weight excluding hydrogens is 315 g/mol. The van der Waals surface area contributed by atoms with Gasteiger partial charge in [-0.3, -0.25) is 0 Å². The fourth-order valence-corrected chi connectivity index (χ4v) is 1.54. The van der Waals surface area contributed by atoms with E-state index in [-0.39, 0.29) is 17.1 Å². The van der Waals surface area contributed by atoms with Crippen LogP contribution in [0.5, 0.6) is 11.5 Å². The topological polar surface area (TPSA) is 74.2 Å². The number of hydrogen-bond donors (Lipinski definition) is 1. The van der Waals surface area contributed by atoms with Crippen molar-refractivity contribution in [3.8, 4) is 11.5 Å². The van der Waals surface area contributed by atoms with E-state index in [1.165, 1.54) is 20.3 Å². The van der Waals surface area contributed by atoms with E-state index in [0.717, 1.165) is 12.1 Å². The molecule has 0 amide bonds. The quantitative estimate of drug-likeness (QED) is 0.487. The second kappa shape index (κ2) is 7.16. The SMILES string of the molecule is COc1ccc(C(=NOC[SH](=O)=O)C(F)(F)F)cc1OC. The standard InChI is InChI=1S/C11H12F3NO5S/c1-18-8-4-3-7(5-9(8)19-2)10(11(12,13)14)15-20-6-21(16)17/h3-5,21H,6H2,1-2H3. The van der Waals surface area contributed by atoms with E-state index in [4.69, 9.17) is 9.47 Å². The number of oxime groups is 1. The lowest BCUT2D eigenvalue weighted by Gasteiger charge is -2.13. The van der Waals surface area contributed by atoms with Crippen molar-refractivity contribution in [2.24, 2.45) is 5.16 Å². The van der Waals surface area contributed by atoms with Crippen LogP contribution in [0.3, 0.4) is 0 Å². The highest BCUT2D eigenvalue weighted by Crippen LogP contribution is 2.31. The van der Waals surface area contributed by atoms with E-state index in [2.05, 4.69) is 9.99 Å². The van der Waals surface area contributed by atoms with E-state index in [1.54, 1.807) is 0 Å². The summed E-state index contributed by atoms with van der Waals surface area (Å²) in [5.74, 6) is -0.629. The van der Waals surface area contributed by atoms with Crippen molar-refractivity contribution in [1.82, 2.24) is 0 Å². The van der Waals surface area contributed by atoms with Gasteiger partial charge in [0.15, 0.2) is 27.9 Å². The number of methoxy groups -OCH3 is 2. The van der Waals surface area contributed by atoms with E-state index in [0.29, 0.717) is 0 Å². The van der Waals surface area contributed by atoms with Gasteiger partial charge >= 0.3 is 6.18 Å². The first-order valence-corrected chi connectivity index (χ1v) is 6.77. The van der Waals surface area contributed by atoms with Crippen LogP contribution in [0.2, 0.25) is 0 Å². The molecule has 0 aliphatic heterocycles. The molecule has 0 unspecified atom stereocenters. The van der Waals surface area contributed by atoms with Crippen molar-refractivity contribution < 1.29 is 35.9 Å². The van der Waals surface area contributed by atoms with Gasteiger partial charge in [-0.2, -0.15) is 13.2 Å². The maximum Gasteiger partial charge on any atom is 0.437 e. The van der Waals surface area contributed by atoms with E-state index < -0.39 is 28.5 Å². The van der Waals surface area contributed by atoms with Crippen molar-refractivity contribution in [3.63, 3.8) is 0 Å². The van der Waals surface area contributed by atoms with Crippen LogP contribution in [-0.4, -0.2) is 40.5 Å². The summed E-state index contributed by atoms with van der Waals surface area (Å²) >= 11 is 0. The first-order chi connectivity index (χ1) is 9.79. The van der Waals surface area contributed by atoms with Gasteiger partial charge in [-0.05, 0) is 18.2 Å². The lowest BCUT2D eigenvalue weighted by Crippen LogP contribution is -2.24. The van der Waals surface area contributed by atoms with Crippen molar-refractivity contribution in [3.05, 3.63) is 23.8 Å². The highest BCUT2D eigenvalue weighted by molar-refractivity contribution is 7.72. The number of halogens is 3. The third-order valence-corrected chi connectivity index (χ3v) is 2.57. The molecule has 0 saturated heterocycles. The molecule has 0 bridgehead atoms. The van der Waals surface area contributed by atoms with Crippen molar-refractivity contribution >= 4 is 16.4 Å². The van der Waals surface area contributed by atoms with E-state index in [1.807, 2.05) is 0 Å². The molecule has 1 aromatic carbocycles. The van der Waals surface area contributed by atoms with E-state index in [9.17, 15) is 21.6 Å². The van der Waals surface area contributed by atoms with Crippen LogP contribution in [-0.2, 0) is 15.5 Å². The molecule has 10 heteroatoms. The molecule has 1 rings (SSSR count). The molecule has 0 saturated carbocycles. The third-order valence-electron chi connectivity index (χ3n) is 2.24. The molecule has 0 aliphatic carbocycles. The van der Waals surface area contributed by atoms with Gasteiger partial charge in [0.1, 0.15) is 0 Å². The fraction of sp³-hybridized carbons (Fsp3) is 0.364. The Morgan fingerprint density at radius 2 is 1.81 bits per heavy atom. The minimum Gasteiger partial charge on any atom is -0.493 e. The van der Waals surface area contributed by atoms with Crippen LogP contribution in [0.1, 0.15) is 5.56 Å². The Morgan fingerprint density at radius 3 is 2.29 bits per heavy atom. The average Bonchev–Trinajstić information content (AvgIpc) is 2.41. The van der Waals surface area contributed by atoms with Gasteiger partial charge in [0, 0.05) is 5.56 Å². The second-order valence-electron chi connectivity index (χ2n) is 3.60. The van der Waals surface area contributed by atoms with Crippen molar-refractivity contribution in [1.29, 1.82) is 0 Å². The smallest absolute Gasteiger partial charge is 0.437 e. The zero-order chi connectivity index (χ0) is 16.0. The highest BCUT2D eigenvalue weighted by atomic mass is 32.2. The third kappa shape index (κ3) is 4.81. The Morgan fingerprint density at radius 1 is 1.19 bits per heavy atom. The van der Waals surface area contributed by atoms with Crippen LogP contribution in [0.4, 0.5) is 13.2 Å². The number of rotatable bonds is 6. The van der Waals surface area contributed by atoms with Gasteiger partial charge in [0.05, 0.1) is 14.2 Å². The van der Waals surface area contributed by atoms with Crippen molar-refractivity contribution in [2.75, 3.05) is 20.2 Å². The predicted octanol–water partition coefficient (Wildman–Crippen LogP) is 1.56. The molecule has 0 spiro atoms. The number of nitrogens with zero attached hydrogens (tertiary/aromatic N) is 1. The van der Waals surface area contributed by atoms with Crippen LogP contribution >= 0.6 is 0 Å². The zero-order valence-electron chi connectivity index (χ0n) is 11.0. The van der Waals surface area contributed by atoms with Crippen LogP contribution < -0.4 is 9.47 Å². The molecule has 118 valence electrons. The van der Waals surface area contributed by atoms with Crippen molar-refractivity contribution in [2.45, 2.75) is 6.18 Å². The molecule has 0 heterocycles. The van der Waals surface area contributed by atoms with E-state index >= 15 is 0 Å². The second-order valence-corrected chi connectivity index (χ2v) is 4.52. The molecular formula is C11H12F3NO5S. The van der Waals surface area contributed by atoms with Crippen LogP contribution in [0.25, 0.3) is 0 Å². The monoisotopic (exact) mass is 327 g/mol. The van der Waals surface area contributed by atoms with Gasteiger partial charge in [0.2, 0.25) is 5.94 Å². The molecule has 21 heavy (non-hydrogen) atoms. The molecule has 0 N–H and O–H groups in total. The minimum absolute atomic E-state index is 0.0712. The normalized spacial score (nSPS) is 12.4. The Hall–Kier alpha value is -1.97. The summed E-state index contributed by atoms with van der Waals surface area (Å²) in [5, 5.41) is 2.85. The fourth-order valence-electron chi connectivity index (χ4n) is 1.39. The summed E-state index contributed by atoms with van der Waals surface area (Å²) in [4.78, 5) is 4.17. The molecule has 0 atom stereocenters. The Balaban J connectivity index is 3.21. The number of thiol groups is 1. The summed E-state index contributed by atoms with van der Waals surface area (Å²) in [5.41, 5.74) is -1.72. The molecule has 0 aliphatic rings. The summed E-state index contributed by atoms with van der Waals surface area (Å²) in [6, 6.07) is 3.43. The molecule has 0 fully saturated rings. The van der Waals surface area contributed by atoms with Crippen LogP contribution in [0, 0.1) is 0 Å². The maximum absolute atomic E-state index is 12.9. The summed E-state index contributed by atoms with van der Waals surface area (Å²) < 4.78 is 69.1. The molecule has 0 radical (unpaired) electrons. The summed E-state index contributed by atoms with van der Waals surface area (Å²) in [6.45, 7) is 0. The predicted molar refractivity (Wildman–Crippen MR) is 68.4 cm³/mol. The van der Waals surface area contributed by atoms with Gasteiger partial charge < -0.3 is 14.3 Å².